The maximum absolute atomic E-state index is 12.4. The summed E-state index contributed by atoms with van der Waals surface area (Å²) in [5.41, 5.74) is 1.39. The lowest BCUT2D eigenvalue weighted by molar-refractivity contribution is -0.192. The van der Waals surface area contributed by atoms with Crippen LogP contribution in [-0.2, 0) is 9.59 Å². The molecule has 1 saturated heterocycles. The molecule has 0 spiro atoms. The SMILES string of the molecule is CCOc1ccc(C)cc1NC(=O)C1(C)CCCN1.O=C(O)C(F)(F)F. The maximum atomic E-state index is 12.4. The Labute approximate surface area is 149 Å². The summed E-state index contributed by atoms with van der Waals surface area (Å²) in [6.45, 7) is 7.37. The molecule has 146 valence electrons. The van der Waals surface area contributed by atoms with Crippen molar-refractivity contribution >= 4 is 17.6 Å². The van der Waals surface area contributed by atoms with Crippen LogP contribution >= 0.6 is 0 Å². The Morgan fingerprint density at radius 3 is 2.46 bits per heavy atom. The van der Waals surface area contributed by atoms with Crippen LogP contribution in [0.4, 0.5) is 18.9 Å². The number of halogens is 3. The highest BCUT2D eigenvalue weighted by molar-refractivity contribution is 5.99. The van der Waals surface area contributed by atoms with Gasteiger partial charge in [-0.05, 0) is 57.9 Å². The van der Waals surface area contributed by atoms with E-state index in [0.717, 1.165) is 36.4 Å². The van der Waals surface area contributed by atoms with Crippen molar-refractivity contribution in [2.24, 2.45) is 0 Å². The van der Waals surface area contributed by atoms with Crippen molar-refractivity contribution in [3.63, 3.8) is 0 Å². The minimum Gasteiger partial charge on any atom is -0.492 e. The lowest BCUT2D eigenvalue weighted by Gasteiger charge is -2.24. The highest BCUT2D eigenvalue weighted by Crippen LogP contribution is 2.28. The number of hydrogen-bond acceptors (Lipinski definition) is 4. The molecule has 0 aliphatic carbocycles. The van der Waals surface area contributed by atoms with Crippen LogP contribution in [0.3, 0.4) is 0 Å². The van der Waals surface area contributed by atoms with Gasteiger partial charge >= 0.3 is 12.1 Å². The number of benzene rings is 1. The first-order valence-corrected chi connectivity index (χ1v) is 8.09. The molecule has 0 saturated carbocycles. The summed E-state index contributed by atoms with van der Waals surface area (Å²) in [4.78, 5) is 21.3. The van der Waals surface area contributed by atoms with Gasteiger partial charge < -0.3 is 20.5 Å². The number of amides is 1. The third kappa shape index (κ3) is 6.21. The van der Waals surface area contributed by atoms with Crippen LogP contribution < -0.4 is 15.4 Å². The lowest BCUT2D eigenvalue weighted by atomic mass is 9.99. The van der Waals surface area contributed by atoms with Crippen molar-refractivity contribution in [1.82, 2.24) is 5.32 Å². The van der Waals surface area contributed by atoms with Gasteiger partial charge in [-0.2, -0.15) is 13.2 Å². The topological polar surface area (TPSA) is 87.7 Å². The fourth-order valence-electron chi connectivity index (χ4n) is 2.37. The lowest BCUT2D eigenvalue weighted by Crippen LogP contribution is -2.48. The second-order valence-corrected chi connectivity index (χ2v) is 6.05. The van der Waals surface area contributed by atoms with Crippen LogP contribution in [0.15, 0.2) is 18.2 Å². The predicted octanol–water partition coefficient (Wildman–Crippen LogP) is 3.11. The van der Waals surface area contributed by atoms with Crippen LogP contribution in [-0.4, -0.2) is 41.8 Å². The van der Waals surface area contributed by atoms with E-state index >= 15 is 0 Å². The number of anilines is 1. The molecule has 0 radical (unpaired) electrons. The number of rotatable bonds is 4. The van der Waals surface area contributed by atoms with Crippen LogP contribution in [0.5, 0.6) is 5.75 Å². The standard InChI is InChI=1S/C15H22N2O2.C2HF3O2/c1-4-19-13-7-6-11(2)10-12(13)17-14(18)15(3)8-5-9-16-15;3-2(4,5)1(6)7/h6-7,10,16H,4-5,8-9H2,1-3H3,(H,17,18);(H,6,7). The van der Waals surface area contributed by atoms with Crippen LogP contribution in [0.2, 0.25) is 0 Å². The van der Waals surface area contributed by atoms with Gasteiger partial charge in [-0.3, -0.25) is 4.79 Å². The number of aliphatic carboxylic acids is 1. The van der Waals surface area contributed by atoms with E-state index in [1.165, 1.54) is 0 Å². The summed E-state index contributed by atoms with van der Waals surface area (Å²) in [6.07, 6.45) is -3.18. The highest BCUT2D eigenvalue weighted by atomic mass is 19.4. The molecule has 6 nitrogen and oxygen atoms in total. The smallest absolute Gasteiger partial charge is 0.490 e. The Hall–Kier alpha value is -2.29. The van der Waals surface area contributed by atoms with Gasteiger partial charge in [0.25, 0.3) is 0 Å². The Balaban J connectivity index is 0.000000412. The van der Waals surface area contributed by atoms with Gasteiger partial charge in [0.05, 0.1) is 17.8 Å². The number of nitrogens with one attached hydrogen (secondary N) is 2. The van der Waals surface area contributed by atoms with Crippen molar-refractivity contribution in [2.75, 3.05) is 18.5 Å². The van der Waals surface area contributed by atoms with Crippen molar-refractivity contribution in [1.29, 1.82) is 0 Å². The average Bonchev–Trinajstić information content (AvgIpc) is 2.98. The molecule has 9 heteroatoms. The number of carboxylic acid groups (broad SMARTS) is 1. The summed E-state index contributed by atoms with van der Waals surface area (Å²) in [5.74, 6) is -2.02. The molecule has 1 fully saturated rings. The zero-order chi connectivity index (χ0) is 20.0. The number of alkyl halides is 3. The Morgan fingerprint density at radius 2 is 2.00 bits per heavy atom. The Kier molecular flexibility index (Phi) is 7.43. The van der Waals surface area contributed by atoms with Gasteiger partial charge in [0, 0.05) is 0 Å². The number of carbonyl (C=O) groups excluding carboxylic acids is 1. The molecule has 2 rings (SSSR count). The number of hydrogen-bond donors (Lipinski definition) is 3. The van der Waals surface area contributed by atoms with E-state index in [0.29, 0.717) is 6.61 Å². The first-order valence-electron chi connectivity index (χ1n) is 8.09. The molecule has 3 N–H and O–H groups in total. The molecule has 1 amide bonds. The molecule has 1 unspecified atom stereocenters. The molecule has 1 aliphatic heterocycles. The quantitative estimate of drug-likeness (QED) is 0.752. The molecule has 0 bridgehead atoms. The van der Waals surface area contributed by atoms with Crippen LogP contribution in [0, 0.1) is 6.92 Å². The average molecular weight is 376 g/mol. The van der Waals surface area contributed by atoms with E-state index in [1.54, 1.807) is 0 Å². The monoisotopic (exact) mass is 376 g/mol. The van der Waals surface area contributed by atoms with Crippen molar-refractivity contribution in [3.8, 4) is 5.75 Å². The van der Waals surface area contributed by atoms with Gasteiger partial charge in [-0.25, -0.2) is 4.79 Å². The fraction of sp³-hybridized carbons (Fsp3) is 0.529. The molecule has 1 aliphatic rings. The molecule has 26 heavy (non-hydrogen) atoms. The minimum atomic E-state index is -5.08. The number of carbonyl (C=O) groups is 2. The minimum absolute atomic E-state index is 0.0107. The van der Waals surface area contributed by atoms with Crippen molar-refractivity contribution in [2.45, 2.75) is 45.3 Å². The van der Waals surface area contributed by atoms with Crippen molar-refractivity contribution < 1.29 is 32.6 Å². The largest absolute Gasteiger partial charge is 0.492 e. The predicted molar refractivity (Wildman–Crippen MR) is 90.3 cm³/mol. The Bertz CT molecular complexity index is 641. The normalized spacial score (nSPS) is 19.3. The van der Waals surface area contributed by atoms with E-state index in [1.807, 2.05) is 39.0 Å². The van der Waals surface area contributed by atoms with E-state index < -0.39 is 17.7 Å². The zero-order valence-corrected chi connectivity index (χ0v) is 14.9. The first kappa shape index (κ1) is 21.8. The number of aryl methyl sites for hydroxylation is 1. The molecule has 1 aromatic rings. The first-order chi connectivity index (χ1) is 12.0. The third-order valence-corrected chi connectivity index (χ3v) is 3.80. The molecule has 1 aromatic carbocycles. The summed E-state index contributed by atoms with van der Waals surface area (Å²) in [5, 5.41) is 13.4. The molecular weight excluding hydrogens is 353 g/mol. The van der Waals surface area contributed by atoms with Gasteiger partial charge in [0.2, 0.25) is 5.91 Å². The van der Waals surface area contributed by atoms with E-state index in [4.69, 9.17) is 14.6 Å². The second kappa shape index (κ2) is 8.88. The third-order valence-electron chi connectivity index (χ3n) is 3.80. The molecule has 1 atom stereocenters. The summed E-state index contributed by atoms with van der Waals surface area (Å²) >= 11 is 0. The summed E-state index contributed by atoms with van der Waals surface area (Å²) in [7, 11) is 0. The Morgan fingerprint density at radius 1 is 1.38 bits per heavy atom. The molecule has 1 heterocycles. The molecular formula is C17H23F3N2O4. The van der Waals surface area contributed by atoms with Gasteiger partial charge in [-0.1, -0.05) is 6.07 Å². The maximum Gasteiger partial charge on any atom is 0.490 e. The van der Waals surface area contributed by atoms with E-state index in [9.17, 15) is 18.0 Å². The van der Waals surface area contributed by atoms with Gasteiger partial charge in [0.1, 0.15) is 5.75 Å². The van der Waals surface area contributed by atoms with E-state index in [2.05, 4.69) is 10.6 Å². The van der Waals surface area contributed by atoms with Crippen LogP contribution in [0.1, 0.15) is 32.3 Å². The van der Waals surface area contributed by atoms with Gasteiger partial charge in [-0.15, -0.1) is 0 Å². The van der Waals surface area contributed by atoms with E-state index in [-0.39, 0.29) is 5.91 Å². The zero-order valence-electron chi connectivity index (χ0n) is 14.9. The highest BCUT2D eigenvalue weighted by Gasteiger charge is 2.38. The second-order valence-electron chi connectivity index (χ2n) is 6.05. The van der Waals surface area contributed by atoms with Crippen LogP contribution in [0.25, 0.3) is 0 Å². The van der Waals surface area contributed by atoms with Gasteiger partial charge in [0.15, 0.2) is 0 Å². The van der Waals surface area contributed by atoms with Crippen molar-refractivity contribution in [3.05, 3.63) is 23.8 Å². The fourth-order valence-corrected chi connectivity index (χ4v) is 2.37. The summed E-state index contributed by atoms with van der Waals surface area (Å²) in [6, 6.07) is 5.83. The summed E-state index contributed by atoms with van der Waals surface area (Å²) < 4.78 is 37.3. The number of carboxylic acids is 1. The molecule has 0 aromatic heterocycles. The number of ether oxygens (including phenoxy) is 1.